The number of carbonyl (C=O) groups excluding carboxylic acids is 2. The van der Waals surface area contributed by atoms with E-state index in [0.717, 1.165) is 13.0 Å². The van der Waals surface area contributed by atoms with Crippen LogP contribution in [0.1, 0.15) is 35.6 Å². The number of furan rings is 1. The smallest absolute Gasteiger partial charge is 0.286 e. The van der Waals surface area contributed by atoms with E-state index < -0.39 is 0 Å². The molecule has 0 radical (unpaired) electrons. The summed E-state index contributed by atoms with van der Waals surface area (Å²) in [6, 6.07) is 3.15. The van der Waals surface area contributed by atoms with Crippen LogP contribution in [0.15, 0.2) is 21.7 Å². The van der Waals surface area contributed by atoms with Gasteiger partial charge in [0.05, 0.1) is 6.54 Å². The molecule has 2 rings (SSSR count). The van der Waals surface area contributed by atoms with E-state index in [-0.39, 0.29) is 24.1 Å². The largest absolute Gasteiger partial charge is 0.456 e. The average Bonchev–Trinajstić information content (AvgIpc) is 3.10. The van der Waals surface area contributed by atoms with Crippen molar-refractivity contribution >= 4 is 11.8 Å². The molecule has 1 aromatic rings. The van der Waals surface area contributed by atoms with Gasteiger partial charge in [0.1, 0.15) is 5.76 Å². The number of carbonyl (C=O) groups is 2. The van der Waals surface area contributed by atoms with Crippen LogP contribution in [0.25, 0.3) is 10.4 Å². The normalized spacial score (nSPS) is 14.1. The Labute approximate surface area is 121 Å². The predicted molar refractivity (Wildman–Crippen MR) is 74.3 cm³/mol. The summed E-state index contributed by atoms with van der Waals surface area (Å²) in [7, 11) is 0. The molecule has 2 amide bonds. The van der Waals surface area contributed by atoms with Crippen LogP contribution >= 0.6 is 0 Å². The molecule has 0 saturated carbocycles. The van der Waals surface area contributed by atoms with Gasteiger partial charge in [-0.1, -0.05) is 5.11 Å². The first-order valence-electron chi connectivity index (χ1n) is 6.86. The highest BCUT2D eigenvalue weighted by molar-refractivity contribution is 5.91. The van der Waals surface area contributed by atoms with Gasteiger partial charge in [-0.3, -0.25) is 9.59 Å². The highest BCUT2D eigenvalue weighted by atomic mass is 16.4. The van der Waals surface area contributed by atoms with Crippen molar-refractivity contribution < 1.29 is 14.0 Å². The van der Waals surface area contributed by atoms with Crippen LogP contribution < -0.4 is 5.32 Å². The lowest BCUT2D eigenvalue weighted by molar-refractivity contribution is -0.127. The van der Waals surface area contributed by atoms with Crippen LogP contribution in [-0.2, 0) is 11.3 Å². The van der Waals surface area contributed by atoms with E-state index in [4.69, 9.17) is 9.95 Å². The van der Waals surface area contributed by atoms with E-state index in [0.29, 0.717) is 31.7 Å². The molecule has 1 fully saturated rings. The van der Waals surface area contributed by atoms with Gasteiger partial charge >= 0.3 is 0 Å². The first-order valence-corrected chi connectivity index (χ1v) is 6.86. The SMILES string of the molecule is [N-]=[N+]=NCc1ccc(C(=O)NCCCN2CCCC2=O)o1. The summed E-state index contributed by atoms with van der Waals surface area (Å²) in [5.41, 5.74) is 8.20. The number of hydrogen-bond acceptors (Lipinski definition) is 4. The number of amides is 2. The zero-order chi connectivity index (χ0) is 15.1. The highest BCUT2D eigenvalue weighted by Crippen LogP contribution is 2.10. The lowest BCUT2D eigenvalue weighted by Gasteiger charge is -2.14. The lowest BCUT2D eigenvalue weighted by atomic mass is 10.3. The van der Waals surface area contributed by atoms with Crippen molar-refractivity contribution in [3.8, 4) is 0 Å². The maximum absolute atomic E-state index is 11.8. The molecule has 8 heteroatoms. The molecule has 1 saturated heterocycles. The minimum atomic E-state index is -0.310. The zero-order valence-corrected chi connectivity index (χ0v) is 11.6. The first-order chi connectivity index (χ1) is 10.2. The summed E-state index contributed by atoms with van der Waals surface area (Å²) >= 11 is 0. The summed E-state index contributed by atoms with van der Waals surface area (Å²) in [5, 5.41) is 6.09. The quantitative estimate of drug-likeness (QED) is 0.358. The second-order valence-corrected chi connectivity index (χ2v) is 4.75. The van der Waals surface area contributed by atoms with Gasteiger partial charge in [0, 0.05) is 31.0 Å². The van der Waals surface area contributed by atoms with E-state index in [1.165, 1.54) is 0 Å². The molecule has 1 aliphatic heterocycles. The zero-order valence-electron chi connectivity index (χ0n) is 11.6. The van der Waals surface area contributed by atoms with Crippen LogP contribution in [0.4, 0.5) is 0 Å². The van der Waals surface area contributed by atoms with E-state index in [1.807, 2.05) is 4.90 Å². The Morgan fingerprint density at radius 1 is 1.52 bits per heavy atom. The van der Waals surface area contributed by atoms with Crippen molar-refractivity contribution in [2.45, 2.75) is 25.8 Å². The summed E-state index contributed by atoms with van der Waals surface area (Å²) in [6.45, 7) is 2.04. The molecule has 112 valence electrons. The molecule has 1 N–H and O–H groups in total. The number of nitrogens with zero attached hydrogens (tertiary/aromatic N) is 4. The molecule has 0 atom stereocenters. The van der Waals surface area contributed by atoms with E-state index in [2.05, 4.69) is 15.3 Å². The third-order valence-electron chi connectivity index (χ3n) is 3.24. The van der Waals surface area contributed by atoms with Crippen molar-refractivity contribution in [1.82, 2.24) is 10.2 Å². The first kappa shape index (κ1) is 14.9. The van der Waals surface area contributed by atoms with Gasteiger partial charge in [0.15, 0.2) is 5.76 Å². The number of rotatable bonds is 7. The van der Waals surface area contributed by atoms with Gasteiger partial charge in [-0.2, -0.15) is 0 Å². The van der Waals surface area contributed by atoms with Crippen LogP contribution in [0.5, 0.6) is 0 Å². The summed E-state index contributed by atoms with van der Waals surface area (Å²) < 4.78 is 5.25. The molecule has 0 spiro atoms. The van der Waals surface area contributed by atoms with E-state index >= 15 is 0 Å². The molecule has 2 heterocycles. The van der Waals surface area contributed by atoms with Crippen LogP contribution in [0.3, 0.4) is 0 Å². The molecule has 21 heavy (non-hydrogen) atoms. The van der Waals surface area contributed by atoms with Crippen molar-refractivity contribution in [3.05, 3.63) is 34.1 Å². The van der Waals surface area contributed by atoms with Gasteiger partial charge < -0.3 is 14.6 Å². The fourth-order valence-corrected chi connectivity index (χ4v) is 2.19. The molecular formula is C13H17N5O3. The fraction of sp³-hybridized carbons (Fsp3) is 0.538. The van der Waals surface area contributed by atoms with Gasteiger partial charge in [0.25, 0.3) is 5.91 Å². The third kappa shape index (κ3) is 4.25. The van der Waals surface area contributed by atoms with Gasteiger partial charge in [0.2, 0.25) is 5.91 Å². The minimum absolute atomic E-state index is 0.0842. The van der Waals surface area contributed by atoms with Gasteiger partial charge in [-0.05, 0) is 30.5 Å². The molecule has 0 aromatic carbocycles. The Hall–Kier alpha value is -2.47. The van der Waals surface area contributed by atoms with Crippen molar-refractivity contribution in [2.24, 2.45) is 5.11 Å². The van der Waals surface area contributed by atoms with Crippen LogP contribution in [-0.4, -0.2) is 36.3 Å². The fourth-order valence-electron chi connectivity index (χ4n) is 2.19. The molecule has 8 nitrogen and oxygen atoms in total. The minimum Gasteiger partial charge on any atom is -0.456 e. The Morgan fingerprint density at radius 2 is 2.38 bits per heavy atom. The molecule has 0 aliphatic carbocycles. The van der Waals surface area contributed by atoms with Crippen molar-refractivity contribution in [2.75, 3.05) is 19.6 Å². The van der Waals surface area contributed by atoms with Gasteiger partial charge in [-0.25, -0.2) is 0 Å². The number of nitrogens with one attached hydrogen (secondary N) is 1. The molecule has 0 bridgehead atoms. The van der Waals surface area contributed by atoms with Crippen LogP contribution in [0, 0.1) is 0 Å². The summed E-state index contributed by atoms with van der Waals surface area (Å²) in [5.74, 6) is 0.515. The molecule has 0 unspecified atom stereocenters. The number of azide groups is 1. The Balaban J connectivity index is 1.70. The number of likely N-dealkylation sites (tertiary alicyclic amines) is 1. The maximum atomic E-state index is 11.8. The monoisotopic (exact) mass is 291 g/mol. The van der Waals surface area contributed by atoms with E-state index in [1.54, 1.807) is 12.1 Å². The standard InChI is InChI=1S/C13H17N5O3/c14-17-16-9-10-4-5-11(21-10)13(20)15-6-2-8-18-7-1-3-12(18)19/h4-5H,1-3,6-9H2,(H,15,20). The van der Waals surface area contributed by atoms with Crippen LogP contribution in [0.2, 0.25) is 0 Å². The maximum Gasteiger partial charge on any atom is 0.286 e. The van der Waals surface area contributed by atoms with Crippen molar-refractivity contribution in [1.29, 1.82) is 0 Å². The Morgan fingerprint density at radius 3 is 3.10 bits per heavy atom. The predicted octanol–water partition coefficient (Wildman–Crippen LogP) is 1.83. The average molecular weight is 291 g/mol. The second kappa shape index (κ2) is 7.35. The van der Waals surface area contributed by atoms with E-state index in [9.17, 15) is 9.59 Å². The second-order valence-electron chi connectivity index (χ2n) is 4.75. The summed E-state index contributed by atoms with van der Waals surface area (Å²) in [6.07, 6.45) is 2.27. The molecule has 1 aromatic heterocycles. The summed E-state index contributed by atoms with van der Waals surface area (Å²) in [4.78, 5) is 27.6. The van der Waals surface area contributed by atoms with Crippen molar-refractivity contribution in [3.63, 3.8) is 0 Å². The number of hydrogen-bond donors (Lipinski definition) is 1. The third-order valence-corrected chi connectivity index (χ3v) is 3.24. The lowest BCUT2D eigenvalue weighted by Crippen LogP contribution is -2.30. The Bertz CT molecular complexity index is 562. The highest BCUT2D eigenvalue weighted by Gasteiger charge is 2.19. The molecular weight excluding hydrogens is 274 g/mol. The Kier molecular flexibility index (Phi) is 5.22. The topological polar surface area (TPSA) is 111 Å². The molecule has 1 aliphatic rings. The van der Waals surface area contributed by atoms with Gasteiger partial charge in [-0.15, -0.1) is 0 Å².